The number of ether oxygens (including phenoxy) is 1. The van der Waals surface area contributed by atoms with Gasteiger partial charge < -0.3 is 4.74 Å². The van der Waals surface area contributed by atoms with Gasteiger partial charge in [-0.05, 0) is 38.6 Å². The van der Waals surface area contributed by atoms with Gasteiger partial charge in [0.1, 0.15) is 6.73 Å². The lowest BCUT2D eigenvalue weighted by atomic mass is 9.67. The standard InChI is InChI=1S/C13H23NO2/c1-5-13(12(15)16-9-14-4)7-10(2)6-11(3)8-13/h11,14H,2,5-9H2,1,3-4H3. The van der Waals surface area contributed by atoms with Crippen LogP contribution in [0.5, 0.6) is 0 Å². The molecule has 0 aromatic heterocycles. The van der Waals surface area contributed by atoms with E-state index in [0.717, 1.165) is 25.7 Å². The van der Waals surface area contributed by atoms with Crippen LogP contribution in [0.1, 0.15) is 39.5 Å². The molecule has 1 saturated carbocycles. The number of nitrogens with one attached hydrogen (secondary N) is 1. The fourth-order valence-corrected chi connectivity index (χ4v) is 2.71. The predicted octanol–water partition coefficient (Wildman–Crippen LogP) is 2.48. The predicted molar refractivity (Wildman–Crippen MR) is 64.9 cm³/mol. The summed E-state index contributed by atoms with van der Waals surface area (Å²) in [5, 5.41) is 2.84. The molecule has 0 amide bonds. The van der Waals surface area contributed by atoms with Crippen LogP contribution in [0, 0.1) is 11.3 Å². The molecule has 0 saturated heterocycles. The van der Waals surface area contributed by atoms with Crippen molar-refractivity contribution in [3.05, 3.63) is 12.2 Å². The van der Waals surface area contributed by atoms with E-state index in [1.165, 1.54) is 5.57 Å². The summed E-state index contributed by atoms with van der Waals surface area (Å²) >= 11 is 0. The highest BCUT2D eigenvalue weighted by molar-refractivity contribution is 5.77. The van der Waals surface area contributed by atoms with Crippen molar-refractivity contribution < 1.29 is 9.53 Å². The van der Waals surface area contributed by atoms with Crippen molar-refractivity contribution in [1.82, 2.24) is 5.32 Å². The zero-order valence-electron chi connectivity index (χ0n) is 10.6. The highest BCUT2D eigenvalue weighted by atomic mass is 16.5. The number of carbonyl (C=O) groups excluding carboxylic acids is 1. The Morgan fingerprint density at radius 3 is 2.88 bits per heavy atom. The lowest BCUT2D eigenvalue weighted by Gasteiger charge is -2.38. The first-order valence-electron chi connectivity index (χ1n) is 6.02. The summed E-state index contributed by atoms with van der Waals surface area (Å²) in [5.41, 5.74) is 0.855. The summed E-state index contributed by atoms with van der Waals surface area (Å²) in [7, 11) is 1.77. The van der Waals surface area contributed by atoms with E-state index in [9.17, 15) is 4.79 Å². The van der Waals surface area contributed by atoms with Crippen LogP contribution >= 0.6 is 0 Å². The van der Waals surface area contributed by atoms with Crippen molar-refractivity contribution >= 4 is 5.97 Å². The van der Waals surface area contributed by atoms with E-state index < -0.39 is 0 Å². The molecule has 0 radical (unpaired) electrons. The van der Waals surface area contributed by atoms with Crippen LogP contribution in [-0.4, -0.2) is 19.7 Å². The van der Waals surface area contributed by atoms with E-state index in [4.69, 9.17) is 4.74 Å². The number of esters is 1. The summed E-state index contributed by atoms with van der Waals surface area (Å²) in [6.45, 7) is 8.58. The Hall–Kier alpha value is -0.830. The fourth-order valence-electron chi connectivity index (χ4n) is 2.71. The fraction of sp³-hybridized carbons (Fsp3) is 0.769. The van der Waals surface area contributed by atoms with Crippen LogP contribution in [0.25, 0.3) is 0 Å². The molecular formula is C13H23NO2. The van der Waals surface area contributed by atoms with Crippen LogP contribution in [0.3, 0.4) is 0 Å². The van der Waals surface area contributed by atoms with Gasteiger partial charge in [0.05, 0.1) is 5.41 Å². The first-order chi connectivity index (χ1) is 7.54. The van der Waals surface area contributed by atoms with E-state index in [1.807, 2.05) is 0 Å². The SMILES string of the molecule is C=C1CC(C)CC(CC)(C(=O)OCNC)C1. The Balaban J connectivity index is 2.75. The molecule has 1 rings (SSSR count). The van der Waals surface area contributed by atoms with Crippen LogP contribution in [0.2, 0.25) is 0 Å². The quantitative estimate of drug-likeness (QED) is 0.454. The molecule has 1 N–H and O–H groups in total. The second-order valence-electron chi connectivity index (χ2n) is 5.00. The van der Waals surface area contributed by atoms with E-state index in [-0.39, 0.29) is 11.4 Å². The average Bonchev–Trinajstić information content (AvgIpc) is 2.24. The number of rotatable bonds is 4. The maximum Gasteiger partial charge on any atom is 0.313 e. The molecule has 0 aromatic rings. The summed E-state index contributed by atoms with van der Waals surface area (Å²) in [6.07, 6.45) is 3.58. The van der Waals surface area contributed by atoms with Gasteiger partial charge in [0.2, 0.25) is 0 Å². The highest BCUT2D eigenvalue weighted by Crippen LogP contribution is 2.44. The number of hydrogen-bond acceptors (Lipinski definition) is 3. The van der Waals surface area contributed by atoms with Gasteiger partial charge in [-0.3, -0.25) is 10.1 Å². The summed E-state index contributed by atoms with van der Waals surface area (Å²) in [6, 6.07) is 0. The van der Waals surface area contributed by atoms with Crippen molar-refractivity contribution in [1.29, 1.82) is 0 Å². The first kappa shape index (κ1) is 13.2. The van der Waals surface area contributed by atoms with E-state index in [1.54, 1.807) is 7.05 Å². The van der Waals surface area contributed by atoms with Crippen LogP contribution in [0.15, 0.2) is 12.2 Å². The molecule has 16 heavy (non-hydrogen) atoms. The molecule has 1 aliphatic carbocycles. The smallest absolute Gasteiger partial charge is 0.313 e. The van der Waals surface area contributed by atoms with Gasteiger partial charge in [-0.2, -0.15) is 0 Å². The van der Waals surface area contributed by atoms with Gasteiger partial charge >= 0.3 is 5.97 Å². The summed E-state index contributed by atoms with van der Waals surface area (Å²) in [5.74, 6) is 0.459. The molecule has 2 atom stereocenters. The van der Waals surface area contributed by atoms with Gasteiger partial charge in [0.25, 0.3) is 0 Å². The zero-order valence-corrected chi connectivity index (χ0v) is 10.6. The van der Waals surface area contributed by atoms with E-state index in [2.05, 4.69) is 25.7 Å². The van der Waals surface area contributed by atoms with E-state index >= 15 is 0 Å². The zero-order chi connectivity index (χ0) is 12.2. The number of carbonyl (C=O) groups is 1. The van der Waals surface area contributed by atoms with Crippen molar-refractivity contribution in [3.63, 3.8) is 0 Å². The molecule has 0 aromatic carbocycles. The molecule has 2 unspecified atom stereocenters. The topological polar surface area (TPSA) is 38.3 Å². The lowest BCUT2D eigenvalue weighted by Crippen LogP contribution is -2.38. The Labute approximate surface area is 98.2 Å². The van der Waals surface area contributed by atoms with Crippen molar-refractivity contribution in [2.24, 2.45) is 11.3 Å². The van der Waals surface area contributed by atoms with Crippen LogP contribution in [-0.2, 0) is 9.53 Å². The number of allylic oxidation sites excluding steroid dienone is 1. The minimum atomic E-state index is -0.328. The summed E-state index contributed by atoms with van der Waals surface area (Å²) in [4.78, 5) is 12.1. The van der Waals surface area contributed by atoms with Gasteiger partial charge in [-0.25, -0.2) is 0 Å². The number of hydrogen-bond donors (Lipinski definition) is 1. The van der Waals surface area contributed by atoms with Crippen LogP contribution in [0.4, 0.5) is 0 Å². The second kappa shape index (κ2) is 5.48. The van der Waals surface area contributed by atoms with Gasteiger partial charge in [-0.15, -0.1) is 0 Å². The second-order valence-corrected chi connectivity index (χ2v) is 5.00. The highest BCUT2D eigenvalue weighted by Gasteiger charge is 2.42. The maximum absolute atomic E-state index is 12.1. The Kier molecular flexibility index (Phi) is 4.54. The molecule has 92 valence electrons. The maximum atomic E-state index is 12.1. The third-order valence-electron chi connectivity index (χ3n) is 3.42. The van der Waals surface area contributed by atoms with Crippen molar-refractivity contribution in [2.75, 3.05) is 13.8 Å². The normalized spacial score (nSPS) is 30.2. The van der Waals surface area contributed by atoms with Crippen molar-refractivity contribution in [3.8, 4) is 0 Å². The van der Waals surface area contributed by atoms with Gasteiger partial charge in [0, 0.05) is 0 Å². The molecule has 0 bridgehead atoms. The van der Waals surface area contributed by atoms with Gasteiger partial charge in [-0.1, -0.05) is 26.0 Å². The lowest BCUT2D eigenvalue weighted by molar-refractivity contribution is -0.159. The van der Waals surface area contributed by atoms with Gasteiger partial charge in [0.15, 0.2) is 0 Å². The monoisotopic (exact) mass is 225 g/mol. The molecule has 3 nitrogen and oxygen atoms in total. The molecule has 1 fully saturated rings. The molecule has 0 heterocycles. The summed E-state index contributed by atoms with van der Waals surface area (Å²) < 4.78 is 5.23. The Morgan fingerprint density at radius 1 is 1.69 bits per heavy atom. The minimum Gasteiger partial charge on any atom is -0.449 e. The largest absolute Gasteiger partial charge is 0.449 e. The Bertz CT molecular complexity index is 275. The minimum absolute atomic E-state index is 0.0722. The van der Waals surface area contributed by atoms with Crippen molar-refractivity contribution in [2.45, 2.75) is 39.5 Å². The average molecular weight is 225 g/mol. The third kappa shape index (κ3) is 2.85. The molecule has 3 heteroatoms. The molecule has 1 aliphatic rings. The third-order valence-corrected chi connectivity index (χ3v) is 3.42. The molecule has 0 spiro atoms. The Morgan fingerprint density at radius 2 is 2.38 bits per heavy atom. The molecular weight excluding hydrogens is 202 g/mol. The molecule has 0 aliphatic heterocycles. The van der Waals surface area contributed by atoms with E-state index in [0.29, 0.717) is 12.6 Å². The first-order valence-corrected chi connectivity index (χ1v) is 6.02. The van der Waals surface area contributed by atoms with Crippen LogP contribution < -0.4 is 5.32 Å².